The minimum Gasteiger partial charge on any atom is -0.367 e. The average Bonchev–Trinajstić information content (AvgIpc) is 3.01. The van der Waals surface area contributed by atoms with Crippen molar-refractivity contribution in [2.24, 2.45) is 0 Å². The number of anilines is 3. The van der Waals surface area contributed by atoms with E-state index in [1.807, 2.05) is 72.5 Å². The van der Waals surface area contributed by atoms with Gasteiger partial charge in [-0.15, -0.1) is 0 Å². The molecular weight excluding hydrogens is 553 g/mol. The van der Waals surface area contributed by atoms with Crippen LogP contribution in [0.4, 0.5) is 30.6 Å². The van der Waals surface area contributed by atoms with E-state index in [4.69, 9.17) is 0 Å². The van der Waals surface area contributed by atoms with Gasteiger partial charge in [-0.25, -0.2) is 15.0 Å². The number of piperidine rings is 1. The van der Waals surface area contributed by atoms with Crippen LogP contribution in [-0.2, 0) is 6.18 Å². The molecule has 0 bridgehead atoms. The molecule has 43 heavy (non-hydrogen) atoms. The lowest BCUT2D eigenvalue weighted by Gasteiger charge is -2.32. The Labute approximate surface area is 246 Å². The maximum Gasteiger partial charge on any atom is 0.416 e. The van der Waals surface area contributed by atoms with Crippen molar-refractivity contribution in [3.63, 3.8) is 0 Å². The number of hydrogen-bond donors (Lipinski definition) is 2. The molecule has 0 saturated carbocycles. The molecule has 2 N–H and O–H groups in total. The number of nitrogens with zero attached hydrogens (tertiary/aromatic N) is 4. The molecule has 1 amide bonds. The van der Waals surface area contributed by atoms with Crippen molar-refractivity contribution in [3.8, 4) is 11.3 Å². The molecule has 1 aliphatic heterocycles. The summed E-state index contributed by atoms with van der Waals surface area (Å²) in [6.07, 6.45) is -0.0151. The van der Waals surface area contributed by atoms with Crippen molar-refractivity contribution < 1.29 is 18.0 Å². The maximum absolute atomic E-state index is 13.1. The summed E-state index contributed by atoms with van der Waals surface area (Å²) < 4.78 is 39.3. The van der Waals surface area contributed by atoms with Crippen LogP contribution in [-0.4, -0.2) is 44.9 Å². The molecule has 0 spiro atoms. The number of likely N-dealkylation sites (tertiary alicyclic amines) is 1. The first kappa shape index (κ1) is 28.1. The van der Waals surface area contributed by atoms with Crippen molar-refractivity contribution in [3.05, 3.63) is 108 Å². The molecule has 0 atom stereocenters. The molecule has 0 radical (unpaired) electrons. The van der Waals surface area contributed by atoms with Crippen molar-refractivity contribution >= 4 is 34.1 Å². The van der Waals surface area contributed by atoms with Gasteiger partial charge in [0.2, 0.25) is 0 Å². The second-order valence-electron chi connectivity index (χ2n) is 10.7. The number of nitrogens with one attached hydrogen (secondary N) is 2. The molecule has 1 fully saturated rings. The highest BCUT2D eigenvalue weighted by Gasteiger charge is 2.30. The SMILES string of the molecule is Cc1cc(Nc2cc(C(F)(F)F)ccn2)nc(-c2ccc(NC3CCN(C(=O)c4ccc5ccccc5c4)CC3)nc2)c1. The first-order valence-electron chi connectivity index (χ1n) is 14.0. The summed E-state index contributed by atoms with van der Waals surface area (Å²) in [4.78, 5) is 28.2. The van der Waals surface area contributed by atoms with Gasteiger partial charge in [-0.05, 0) is 84.6 Å². The molecule has 5 aromatic rings. The summed E-state index contributed by atoms with van der Waals surface area (Å²) in [7, 11) is 0. The van der Waals surface area contributed by atoms with E-state index in [1.54, 1.807) is 12.3 Å². The van der Waals surface area contributed by atoms with Crippen molar-refractivity contribution in [1.82, 2.24) is 19.9 Å². The number of hydrogen-bond acceptors (Lipinski definition) is 6. The Hall–Kier alpha value is -4.99. The maximum atomic E-state index is 13.1. The number of rotatable bonds is 6. The minimum absolute atomic E-state index is 0.0510. The average molecular weight is 583 g/mol. The van der Waals surface area contributed by atoms with Gasteiger partial charge in [0.1, 0.15) is 17.5 Å². The van der Waals surface area contributed by atoms with E-state index in [1.165, 1.54) is 0 Å². The van der Waals surface area contributed by atoms with E-state index in [2.05, 4.69) is 25.6 Å². The molecule has 0 aliphatic carbocycles. The first-order chi connectivity index (χ1) is 20.7. The van der Waals surface area contributed by atoms with Crippen LogP contribution < -0.4 is 10.6 Å². The highest BCUT2D eigenvalue weighted by Crippen LogP contribution is 2.31. The molecule has 0 unspecified atom stereocenters. The number of fused-ring (bicyclic) bond motifs is 1. The van der Waals surface area contributed by atoms with E-state index < -0.39 is 11.7 Å². The summed E-state index contributed by atoms with van der Waals surface area (Å²) in [6.45, 7) is 3.20. The van der Waals surface area contributed by atoms with Crippen LogP contribution >= 0.6 is 0 Å². The Morgan fingerprint density at radius 1 is 0.860 bits per heavy atom. The molecule has 1 aliphatic rings. The zero-order valence-electron chi connectivity index (χ0n) is 23.4. The lowest BCUT2D eigenvalue weighted by molar-refractivity contribution is -0.137. The Morgan fingerprint density at radius 2 is 1.65 bits per heavy atom. The van der Waals surface area contributed by atoms with Crippen LogP contribution in [0.25, 0.3) is 22.0 Å². The van der Waals surface area contributed by atoms with Gasteiger partial charge in [0.15, 0.2) is 0 Å². The molecular formula is C33H29F3N6O. The predicted octanol–water partition coefficient (Wildman–Crippen LogP) is 7.48. The number of carbonyl (C=O) groups is 1. The van der Waals surface area contributed by atoms with Gasteiger partial charge in [0, 0.05) is 42.7 Å². The number of carbonyl (C=O) groups excluding carboxylic acids is 1. The van der Waals surface area contributed by atoms with Gasteiger partial charge in [0.05, 0.1) is 11.3 Å². The molecule has 7 nitrogen and oxygen atoms in total. The van der Waals surface area contributed by atoms with E-state index in [0.29, 0.717) is 30.2 Å². The zero-order valence-corrected chi connectivity index (χ0v) is 23.4. The second kappa shape index (κ2) is 11.7. The van der Waals surface area contributed by atoms with Crippen LogP contribution in [0, 0.1) is 6.92 Å². The number of pyridine rings is 3. The predicted molar refractivity (Wildman–Crippen MR) is 161 cm³/mol. The molecule has 4 heterocycles. The molecule has 2 aromatic carbocycles. The molecule has 3 aromatic heterocycles. The normalized spacial score (nSPS) is 14.1. The largest absolute Gasteiger partial charge is 0.416 e. The zero-order chi connectivity index (χ0) is 30.0. The van der Waals surface area contributed by atoms with Crippen molar-refractivity contribution in [2.45, 2.75) is 32.0 Å². The van der Waals surface area contributed by atoms with Crippen molar-refractivity contribution in [1.29, 1.82) is 0 Å². The van der Waals surface area contributed by atoms with Gasteiger partial charge < -0.3 is 15.5 Å². The number of benzene rings is 2. The van der Waals surface area contributed by atoms with E-state index in [-0.39, 0.29) is 17.8 Å². The smallest absolute Gasteiger partial charge is 0.367 e. The quantitative estimate of drug-likeness (QED) is 0.216. The van der Waals surface area contributed by atoms with E-state index >= 15 is 0 Å². The van der Waals surface area contributed by atoms with Crippen molar-refractivity contribution in [2.75, 3.05) is 23.7 Å². The van der Waals surface area contributed by atoms with Crippen LogP contribution in [0.1, 0.15) is 34.3 Å². The highest BCUT2D eigenvalue weighted by atomic mass is 19.4. The molecule has 6 rings (SSSR count). The monoisotopic (exact) mass is 582 g/mol. The summed E-state index contributed by atoms with van der Waals surface area (Å²) in [5.41, 5.74) is 2.20. The summed E-state index contributed by atoms with van der Waals surface area (Å²) in [5, 5.41) is 8.52. The second-order valence-corrected chi connectivity index (χ2v) is 10.7. The Morgan fingerprint density at radius 3 is 2.40 bits per heavy atom. The third-order valence-electron chi connectivity index (χ3n) is 7.50. The molecule has 10 heteroatoms. The van der Waals surface area contributed by atoms with Crippen LogP contribution in [0.15, 0.2) is 91.3 Å². The third kappa shape index (κ3) is 6.58. The number of alkyl halides is 3. The third-order valence-corrected chi connectivity index (χ3v) is 7.50. The van der Waals surface area contributed by atoms with Gasteiger partial charge in [0.25, 0.3) is 5.91 Å². The topological polar surface area (TPSA) is 83.0 Å². The van der Waals surface area contributed by atoms with Gasteiger partial charge in [-0.1, -0.05) is 30.3 Å². The Balaban J connectivity index is 1.07. The number of aryl methyl sites for hydroxylation is 1. The number of aromatic nitrogens is 3. The van der Waals surface area contributed by atoms with Gasteiger partial charge in [-0.2, -0.15) is 13.2 Å². The highest BCUT2D eigenvalue weighted by molar-refractivity contribution is 5.98. The standard InChI is InChI=1S/C33H29F3N6O/c1-21-16-28(40-31(17-21)41-30-19-26(10-13-37-30)33(34,35)36)25-8-9-29(38-20-25)39-27-11-14-42(15-12-27)32(43)24-7-6-22-4-2-3-5-23(22)18-24/h2-10,13,16-20,27H,11-12,14-15H2,1H3,(H,38,39)(H,37,40,41). The Bertz CT molecular complexity index is 1770. The lowest BCUT2D eigenvalue weighted by atomic mass is 10.0. The fraction of sp³-hybridized carbons (Fsp3) is 0.212. The molecule has 1 saturated heterocycles. The summed E-state index contributed by atoms with van der Waals surface area (Å²) in [5.74, 6) is 1.22. The number of halogens is 3. The van der Waals surface area contributed by atoms with Crippen LogP contribution in [0.3, 0.4) is 0 Å². The summed E-state index contributed by atoms with van der Waals surface area (Å²) >= 11 is 0. The van der Waals surface area contributed by atoms with E-state index in [9.17, 15) is 18.0 Å². The minimum atomic E-state index is -4.46. The fourth-order valence-corrected chi connectivity index (χ4v) is 5.26. The molecule has 218 valence electrons. The fourth-order valence-electron chi connectivity index (χ4n) is 5.26. The number of amides is 1. The first-order valence-corrected chi connectivity index (χ1v) is 14.0. The van der Waals surface area contributed by atoms with E-state index in [0.717, 1.165) is 58.9 Å². The van der Waals surface area contributed by atoms with Crippen LogP contribution in [0.2, 0.25) is 0 Å². The summed E-state index contributed by atoms with van der Waals surface area (Å²) in [6, 6.07) is 23.3. The Kier molecular flexibility index (Phi) is 7.67. The van der Waals surface area contributed by atoms with Gasteiger partial charge in [-0.3, -0.25) is 4.79 Å². The lowest BCUT2D eigenvalue weighted by Crippen LogP contribution is -2.42. The van der Waals surface area contributed by atoms with Crippen LogP contribution in [0.5, 0.6) is 0 Å². The van der Waals surface area contributed by atoms with Gasteiger partial charge >= 0.3 is 6.18 Å².